The van der Waals surface area contributed by atoms with Crippen molar-refractivity contribution in [3.05, 3.63) is 42.6 Å². The average Bonchev–Trinajstić information content (AvgIpc) is 3.07. The van der Waals surface area contributed by atoms with Gasteiger partial charge in [-0.1, -0.05) is 0 Å². The van der Waals surface area contributed by atoms with Crippen molar-refractivity contribution in [3.8, 4) is 0 Å². The van der Waals surface area contributed by atoms with Gasteiger partial charge in [0.05, 0.1) is 18.0 Å². The molecule has 1 aliphatic heterocycles. The molecular formula is C15H19N5O. The van der Waals surface area contributed by atoms with Crippen LogP contribution in [0, 0.1) is 0 Å². The molecule has 0 amide bonds. The Labute approximate surface area is 124 Å². The summed E-state index contributed by atoms with van der Waals surface area (Å²) in [7, 11) is 0. The normalized spacial score (nSPS) is 17.6. The highest BCUT2D eigenvalue weighted by molar-refractivity contribution is 5.40. The van der Waals surface area contributed by atoms with Crippen LogP contribution < -0.4 is 10.6 Å². The first-order chi connectivity index (χ1) is 10.4. The molecule has 0 aromatic carbocycles. The minimum absolute atomic E-state index is 0.405. The van der Waals surface area contributed by atoms with E-state index in [1.807, 2.05) is 24.4 Å². The zero-order valence-corrected chi connectivity index (χ0v) is 11.8. The molecule has 1 atom stereocenters. The zero-order valence-electron chi connectivity index (χ0n) is 11.8. The van der Waals surface area contributed by atoms with Crippen molar-refractivity contribution in [1.82, 2.24) is 15.0 Å². The number of anilines is 2. The van der Waals surface area contributed by atoms with Gasteiger partial charge in [-0.2, -0.15) is 0 Å². The average molecular weight is 285 g/mol. The van der Waals surface area contributed by atoms with Gasteiger partial charge in [0.25, 0.3) is 0 Å². The van der Waals surface area contributed by atoms with Crippen molar-refractivity contribution >= 4 is 11.5 Å². The summed E-state index contributed by atoms with van der Waals surface area (Å²) in [4.78, 5) is 12.7. The Bertz CT molecular complexity index is 557. The van der Waals surface area contributed by atoms with Crippen molar-refractivity contribution < 1.29 is 4.74 Å². The second-order valence-electron chi connectivity index (χ2n) is 4.98. The Kier molecular flexibility index (Phi) is 4.58. The maximum Gasteiger partial charge on any atom is 0.129 e. The summed E-state index contributed by atoms with van der Waals surface area (Å²) < 4.78 is 5.40. The maximum atomic E-state index is 5.40. The third-order valence-corrected chi connectivity index (χ3v) is 3.46. The Morgan fingerprint density at radius 1 is 1.24 bits per heavy atom. The Morgan fingerprint density at radius 3 is 3.00 bits per heavy atom. The quantitative estimate of drug-likeness (QED) is 0.790. The molecule has 0 saturated carbocycles. The first-order valence-electron chi connectivity index (χ1n) is 7.19. The van der Waals surface area contributed by atoms with Crippen LogP contribution in [0.2, 0.25) is 0 Å². The molecule has 21 heavy (non-hydrogen) atoms. The van der Waals surface area contributed by atoms with Crippen LogP contribution in [0.25, 0.3) is 0 Å². The van der Waals surface area contributed by atoms with Gasteiger partial charge in [-0.15, -0.1) is 0 Å². The summed E-state index contributed by atoms with van der Waals surface area (Å²) in [6.07, 6.45) is 6.23. The summed E-state index contributed by atoms with van der Waals surface area (Å²) in [6.45, 7) is 3.18. The van der Waals surface area contributed by atoms with Gasteiger partial charge in [0.15, 0.2) is 0 Å². The van der Waals surface area contributed by atoms with Crippen LogP contribution in [-0.2, 0) is 4.74 Å². The van der Waals surface area contributed by atoms with Crippen LogP contribution in [-0.4, -0.2) is 41.3 Å². The number of aromatic nitrogens is 3. The fraction of sp³-hybridized carbons (Fsp3) is 0.400. The molecule has 1 saturated heterocycles. The summed E-state index contributed by atoms with van der Waals surface area (Å²) in [5.74, 6) is 1.27. The number of hydrogen-bond donors (Lipinski definition) is 2. The summed E-state index contributed by atoms with van der Waals surface area (Å²) in [6, 6.07) is 5.93. The lowest BCUT2D eigenvalue weighted by Crippen LogP contribution is -2.15. The van der Waals surface area contributed by atoms with Gasteiger partial charge in [-0.25, -0.2) is 9.97 Å². The first kappa shape index (κ1) is 13.8. The predicted octanol–water partition coefficient (Wildman–Crippen LogP) is 1.90. The van der Waals surface area contributed by atoms with Crippen molar-refractivity contribution in [3.63, 3.8) is 0 Å². The van der Waals surface area contributed by atoms with Crippen molar-refractivity contribution in [2.45, 2.75) is 12.3 Å². The number of nitrogens with zero attached hydrogens (tertiary/aromatic N) is 3. The lowest BCUT2D eigenvalue weighted by molar-refractivity contribution is 0.193. The fourth-order valence-corrected chi connectivity index (χ4v) is 2.32. The number of hydrogen-bond acceptors (Lipinski definition) is 6. The second kappa shape index (κ2) is 6.99. The highest BCUT2D eigenvalue weighted by Gasteiger charge is 2.19. The molecule has 2 N–H and O–H groups in total. The second-order valence-corrected chi connectivity index (χ2v) is 4.98. The third-order valence-electron chi connectivity index (χ3n) is 3.46. The zero-order chi connectivity index (χ0) is 14.3. The summed E-state index contributed by atoms with van der Waals surface area (Å²) in [5, 5.41) is 6.60. The topological polar surface area (TPSA) is 72.0 Å². The smallest absolute Gasteiger partial charge is 0.129 e. The summed E-state index contributed by atoms with van der Waals surface area (Å²) in [5.41, 5.74) is 2.08. The number of rotatable bonds is 6. The van der Waals surface area contributed by atoms with Crippen molar-refractivity contribution in [2.75, 3.05) is 36.9 Å². The maximum absolute atomic E-state index is 5.40. The SMILES string of the molecule is c1cncc(NCCNc2cc([C@@H]3CCOC3)ncn2)c1. The molecule has 0 bridgehead atoms. The number of ether oxygens (including phenoxy) is 1. The molecular weight excluding hydrogens is 266 g/mol. The van der Waals surface area contributed by atoms with Crippen LogP contribution in [0.15, 0.2) is 36.9 Å². The largest absolute Gasteiger partial charge is 0.382 e. The molecule has 6 nitrogen and oxygen atoms in total. The van der Waals surface area contributed by atoms with E-state index in [4.69, 9.17) is 4.74 Å². The molecule has 110 valence electrons. The summed E-state index contributed by atoms with van der Waals surface area (Å²) >= 11 is 0. The van der Waals surface area contributed by atoms with E-state index in [1.54, 1.807) is 12.5 Å². The van der Waals surface area contributed by atoms with Crippen LogP contribution in [0.1, 0.15) is 18.0 Å². The molecule has 1 aliphatic rings. The minimum atomic E-state index is 0.405. The molecule has 3 rings (SSSR count). The molecule has 2 aromatic rings. The molecule has 0 unspecified atom stereocenters. The van der Waals surface area contributed by atoms with Gasteiger partial charge < -0.3 is 15.4 Å². The van der Waals surface area contributed by atoms with Crippen molar-refractivity contribution in [1.29, 1.82) is 0 Å². The lowest BCUT2D eigenvalue weighted by Gasteiger charge is -2.10. The molecule has 2 aromatic heterocycles. The van der Waals surface area contributed by atoms with Crippen LogP contribution in [0.5, 0.6) is 0 Å². The first-order valence-corrected chi connectivity index (χ1v) is 7.19. The van der Waals surface area contributed by atoms with Gasteiger partial charge >= 0.3 is 0 Å². The highest BCUT2D eigenvalue weighted by atomic mass is 16.5. The molecule has 3 heterocycles. The van der Waals surface area contributed by atoms with Gasteiger partial charge in [-0.3, -0.25) is 4.98 Å². The van der Waals surface area contributed by atoms with Crippen LogP contribution in [0.4, 0.5) is 11.5 Å². The van der Waals surface area contributed by atoms with E-state index >= 15 is 0 Å². The molecule has 1 fully saturated rings. The van der Waals surface area contributed by atoms with E-state index in [1.165, 1.54) is 0 Å². The van der Waals surface area contributed by atoms with Crippen LogP contribution in [0.3, 0.4) is 0 Å². The third kappa shape index (κ3) is 3.88. The van der Waals surface area contributed by atoms with Gasteiger partial charge in [0, 0.05) is 44.1 Å². The van der Waals surface area contributed by atoms with E-state index in [2.05, 4.69) is 25.6 Å². The lowest BCUT2D eigenvalue weighted by atomic mass is 10.1. The van der Waals surface area contributed by atoms with E-state index in [0.717, 1.165) is 49.9 Å². The number of pyridine rings is 1. The Morgan fingerprint density at radius 2 is 2.19 bits per heavy atom. The monoisotopic (exact) mass is 285 g/mol. The molecule has 6 heteroatoms. The molecule has 0 aliphatic carbocycles. The molecule has 0 radical (unpaired) electrons. The highest BCUT2D eigenvalue weighted by Crippen LogP contribution is 2.24. The van der Waals surface area contributed by atoms with Crippen LogP contribution >= 0.6 is 0 Å². The predicted molar refractivity (Wildman–Crippen MR) is 81.4 cm³/mol. The van der Waals surface area contributed by atoms with Gasteiger partial charge in [0.2, 0.25) is 0 Å². The van der Waals surface area contributed by atoms with E-state index in [9.17, 15) is 0 Å². The van der Waals surface area contributed by atoms with E-state index in [0.29, 0.717) is 5.92 Å². The van der Waals surface area contributed by atoms with Crippen molar-refractivity contribution in [2.24, 2.45) is 0 Å². The Hall–Kier alpha value is -2.21. The fourth-order valence-electron chi connectivity index (χ4n) is 2.32. The Balaban J connectivity index is 1.48. The number of nitrogens with one attached hydrogen (secondary N) is 2. The van der Waals surface area contributed by atoms with E-state index in [-0.39, 0.29) is 0 Å². The standard InChI is InChI=1S/C15H19N5O/c1-2-13(9-16-4-1)17-5-6-18-15-8-14(19-11-20-15)12-3-7-21-10-12/h1-2,4,8-9,11-12,17H,3,5-7,10H2,(H,18,19,20)/t12-/m1/s1. The molecule has 0 spiro atoms. The van der Waals surface area contributed by atoms with Gasteiger partial charge in [0.1, 0.15) is 12.1 Å². The minimum Gasteiger partial charge on any atom is -0.382 e. The van der Waals surface area contributed by atoms with E-state index < -0.39 is 0 Å². The van der Waals surface area contributed by atoms with Gasteiger partial charge in [-0.05, 0) is 18.6 Å².